The minimum absolute atomic E-state index is 0.279. The number of hydrogen-bond acceptors (Lipinski definition) is 2. The Labute approximate surface area is 87.1 Å². The molecule has 1 aromatic heterocycles. The molecule has 2 aromatic rings. The number of nitrogens with one attached hydrogen (secondary N) is 1. The van der Waals surface area contributed by atoms with Crippen LogP contribution >= 0.6 is 0 Å². The third-order valence-electron chi connectivity index (χ3n) is 2.12. The normalized spacial score (nSPS) is 10.1. The Bertz CT molecular complexity index is 462. The first-order valence-corrected chi connectivity index (χ1v) is 4.64. The van der Waals surface area contributed by atoms with Gasteiger partial charge in [-0.2, -0.15) is 5.10 Å². The third-order valence-corrected chi connectivity index (χ3v) is 2.12. The number of hydrogen-bond donors (Lipinski definition) is 2. The summed E-state index contributed by atoms with van der Waals surface area (Å²) in [4.78, 5) is 10.8. The monoisotopic (exact) mass is 201 g/mol. The van der Waals surface area contributed by atoms with Crippen LogP contribution in [-0.2, 0) is 6.42 Å². The summed E-state index contributed by atoms with van der Waals surface area (Å²) in [5.41, 5.74) is 7.43. The lowest BCUT2D eigenvalue weighted by molar-refractivity contribution is 0.0995. The van der Waals surface area contributed by atoms with Crippen LogP contribution in [-0.4, -0.2) is 16.1 Å². The van der Waals surface area contributed by atoms with Crippen LogP contribution in [0.2, 0.25) is 0 Å². The van der Waals surface area contributed by atoms with E-state index in [0.717, 1.165) is 17.7 Å². The molecule has 0 aliphatic heterocycles. The molecule has 4 nitrogen and oxygen atoms in total. The van der Waals surface area contributed by atoms with Gasteiger partial charge in [0.25, 0.3) is 5.91 Å². The molecule has 0 atom stereocenters. The first-order chi connectivity index (χ1) is 7.25. The van der Waals surface area contributed by atoms with Crippen molar-refractivity contribution in [3.63, 3.8) is 0 Å². The van der Waals surface area contributed by atoms with Crippen molar-refractivity contribution in [3.8, 4) is 0 Å². The molecule has 0 unspecified atom stereocenters. The fraction of sp³-hybridized carbons (Fsp3) is 0.0909. The lowest BCUT2D eigenvalue weighted by atomic mass is 10.1. The topological polar surface area (TPSA) is 71.8 Å². The number of aromatic amines is 1. The average molecular weight is 201 g/mol. The molecule has 0 bridgehead atoms. The fourth-order valence-corrected chi connectivity index (χ4v) is 1.39. The Morgan fingerprint density at radius 1 is 1.33 bits per heavy atom. The van der Waals surface area contributed by atoms with Gasteiger partial charge in [0.2, 0.25) is 0 Å². The van der Waals surface area contributed by atoms with E-state index < -0.39 is 5.91 Å². The van der Waals surface area contributed by atoms with Gasteiger partial charge in [-0.25, -0.2) is 0 Å². The minimum Gasteiger partial charge on any atom is -0.364 e. The molecule has 0 spiro atoms. The van der Waals surface area contributed by atoms with Crippen LogP contribution in [0.5, 0.6) is 0 Å². The number of amides is 1. The summed E-state index contributed by atoms with van der Waals surface area (Å²) in [6, 6.07) is 11.6. The lowest BCUT2D eigenvalue weighted by Gasteiger charge is -1.96. The summed E-state index contributed by atoms with van der Waals surface area (Å²) in [6.07, 6.45) is 0.723. The Balaban J connectivity index is 2.15. The summed E-state index contributed by atoms with van der Waals surface area (Å²) < 4.78 is 0. The van der Waals surface area contributed by atoms with Crippen molar-refractivity contribution in [1.82, 2.24) is 10.2 Å². The number of nitrogens with two attached hydrogens (primary N) is 1. The van der Waals surface area contributed by atoms with Crippen molar-refractivity contribution >= 4 is 5.91 Å². The van der Waals surface area contributed by atoms with E-state index in [0.29, 0.717) is 0 Å². The summed E-state index contributed by atoms with van der Waals surface area (Å²) in [7, 11) is 0. The van der Waals surface area contributed by atoms with Crippen molar-refractivity contribution in [2.45, 2.75) is 6.42 Å². The Hall–Kier alpha value is -2.10. The van der Waals surface area contributed by atoms with Crippen LogP contribution < -0.4 is 5.73 Å². The largest absolute Gasteiger partial charge is 0.364 e. The molecule has 1 amide bonds. The van der Waals surface area contributed by atoms with E-state index in [1.54, 1.807) is 6.07 Å². The van der Waals surface area contributed by atoms with Gasteiger partial charge in [-0.15, -0.1) is 0 Å². The number of rotatable bonds is 3. The van der Waals surface area contributed by atoms with Crippen LogP contribution in [0.4, 0.5) is 0 Å². The molecule has 0 saturated heterocycles. The molecule has 2 rings (SSSR count). The van der Waals surface area contributed by atoms with E-state index in [-0.39, 0.29) is 5.69 Å². The maximum absolute atomic E-state index is 10.8. The zero-order valence-corrected chi connectivity index (χ0v) is 8.10. The number of carbonyl (C=O) groups excluding carboxylic acids is 1. The maximum atomic E-state index is 10.8. The van der Waals surface area contributed by atoms with Crippen molar-refractivity contribution in [2.75, 3.05) is 0 Å². The first-order valence-electron chi connectivity index (χ1n) is 4.64. The van der Waals surface area contributed by atoms with E-state index in [1.165, 1.54) is 0 Å². The smallest absolute Gasteiger partial charge is 0.269 e. The summed E-state index contributed by atoms with van der Waals surface area (Å²) >= 11 is 0. The van der Waals surface area contributed by atoms with Gasteiger partial charge in [0.15, 0.2) is 0 Å². The Kier molecular flexibility index (Phi) is 2.49. The van der Waals surface area contributed by atoms with Gasteiger partial charge in [0.1, 0.15) is 5.69 Å². The van der Waals surface area contributed by atoms with Crippen molar-refractivity contribution < 1.29 is 4.79 Å². The van der Waals surface area contributed by atoms with Gasteiger partial charge < -0.3 is 5.73 Å². The zero-order chi connectivity index (χ0) is 10.7. The van der Waals surface area contributed by atoms with Crippen LogP contribution in [0.1, 0.15) is 21.7 Å². The molecule has 0 radical (unpaired) electrons. The van der Waals surface area contributed by atoms with Gasteiger partial charge in [-0.3, -0.25) is 9.89 Å². The molecule has 0 aliphatic rings. The summed E-state index contributed by atoms with van der Waals surface area (Å²) in [6.45, 7) is 0. The molecule has 1 heterocycles. The highest BCUT2D eigenvalue weighted by Crippen LogP contribution is 2.07. The highest BCUT2D eigenvalue weighted by Gasteiger charge is 2.06. The number of carbonyl (C=O) groups is 1. The summed E-state index contributed by atoms with van der Waals surface area (Å²) in [5, 5.41) is 6.60. The molecular formula is C11H11N3O. The van der Waals surface area contributed by atoms with Gasteiger partial charge in [-0.1, -0.05) is 30.3 Å². The maximum Gasteiger partial charge on any atom is 0.269 e. The number of H-pyrrole nitrogens is 1. The fourth-order valence-electron chi connectivity index (χ4n) is 1.39. The SMILES string of the molecule is NC(=O)c1cc(Cc2ccccc2)[nH]n1. The molecule has 0 aliphatic carbocycles. The lowest BCUT2D eigenvalue weighted by Crippen LogP contribution is -2.10. The molecule has 0 fully saturated rings. The van der Waals surface area contributed by atoms with Crippen LogP contribution in [0, 0.1) is 0 Å². The molecule has 76 valence electrons. The zero-order valence-electron chi connectivity index (χ0n) is 8.10. The van der Waals surface area contributed by atoms with E-state index in [2.05, 4.69) is 10.2 Å². The number of primary amides is 1. The van der Waals surface area contributed by atoms with Crippen LogP contribution in [0.15, 0.2) is 36.4 Å². The standard InChI is InChI=1S/C11H11N3O/c12-11(15)10-7-9(13-14-10)6-8-4-2-1-3-5-8/h1-5,7H,6H2,(H2,12,15)(H,13,14). The van der Waals surface area contributed by atoms with Gasteiger partial charge >= 0.3 is 0 Å². The molecule has 0 saturated carbocycles. The minimum atomic E-state index is -0.509. The van der Waals surface area contributed by atoms with E-state index in [4.69, 9.17) is 5.73 Å². The van der Waals surface area contributed by atoms with Crippen molar-refractivity contribution in [1.29, 1.82) is 0 Å². The third kappa shape index (κ3) is 2.22. The average Bonchev–Trinajstić information content (AvgIpc) is 2.68. The molecule has 3 N–H and O–H groups in total. The molecule has 1 aromatic carbocycles. The number of benzene rings is 1. The molecule has 15 heavy (non-hydrogen) atoms. The second-order valence-corrected chi connectivity index (χ2v) is 3.31. The van der Waals surface area contributed by atoms with Gasteiger partial charge in [0.05, 0.1) is 0 Å². The second kappa shape index (κ2) is 3.96. The van der Waals surface area contributed by atoms with E-state index >= 15 is 0 Å². The van der Waals surface area contributed by atoms with Crippen molar-refractivity contribution in [2.24, 2.45) is 5.73 Å². The van der Waals surface area contributed by atoms with Crippen LogP contribution in [0.3, 0.4) is 0 Å². The van der Waals surface area contributed by atoms with Gasteiger partial charge in [0, 0.05) is 12.1 Å². The van der Waals surface area contributed by atoms with Gasteiger partial charge in [-0.05, 0) is 11.6 Å². The highest BCUT2D eigenvalue weighted by molar-refractivity contribution is 5.90. The quantitative estimate of drug-likeness (QED) is 0.780. The number of nitrogens with zero attached hydrogens (tertiary/aromatic N) is 1. The van der Waals surface area contributed by atoms with Crippen molar-refractivity contribution in [3.05, 3.63) is 53.3 Å². The highest BCUT2D eigenvalue weighted by atomic mass is 16.1. The number of aromatic nitrogens is 2. The van der Waals surface area contributed by atoms with Crippen LogP contribution in [0.25, 0.3) is 0 Å². The molecule has 4 heteroatoms. The van der Waals surface area contributed by atoms with E-state index in [9.17, 15) is 4.79 Å². The molecular weight excluding hydrogens is 190 g/mol. The van der Waals surface area contributed by atoms with E-state index in [1.807, 2.05) is 30.3 Å². The second-order valence-electron chi connectivity index (χ2n) is 3.31. The summed E-state index contributed by atoms with van der Waals surface area (Å²) in [5.74, 6) is -0.509. The predicted molar refractivity (Wildman–Crippen MR) is 56.4 cm³/mol. The first kappa shape index (κ1) is 9.45. The Morgan fingerprint density at radius 3 is 2.67 bits per heavy atom. The Morgan fingerprint density at radius 2 is 2.07 bits per heavy atom. The predicted octanol–water partition coefficient (Wildman–Crippen LogP) is 1.10.